The zero-order valence-electron chi connectivity index (χ0n) is 15.1. The summed E-state index contributed by atoms with van der Waals surface area (Å²) in [6.45, 7) is 6.90. The van der Waals surface area contributed by atoms with E-state index in [0.29, 0.717) is 5.82 Å². The molecule has 3 rings (SSSR count). The molecule has 142 valence electrons. The second-order valence-corrected chi connectivity index (χ2v) is 9.00. The van der Waals surface area contributed by atoms with E-state index in [1.807, 2.05) is 0 Å². The molecule has 1 unspecified atom stereocenters. The van der Waals surface area contributed by atoms with Crippen molar-refractivity contribution in [2.75, 3.05) is 0 Å². The van der Waals surface area contributed by atoms with Crippen LogP contribution in [0.15, 0.2) is 21.6 Å². The Hall–Kier alpha value is -2.27. The second-order valence-electron chi connectivity index (χ2n) is 7.38. The molecule has 1 aliphatic carbocycles. The van der Waals surface area contributed by atoms with Gasteiger partial charge in [-0.25, -0.2) is 17.8 Å². The number of nitrogens with zero attached hydrogens (tertiary/aromatic N) is 4. The van der Waals surface area contributed by atoms with Crippen LogP contribution in [0.3, 0.4) is 0 Å². The van der Waals surface area contributed by atoms with Crippen LogP contribution in [-0.2, 0) is 10.0 Å². The van der Waals surface area contributed by atoms with Gasteiger partial charge in [0.2, 0.25) is 5.09 Å². The second kappa shape index (κ2) is 6.47. The summed E-state index contributed by atoms with van der Waals surface area (Å²) in [5.41, 5.74) is -0.664. The predicted molar refractivity (Wildman–Crippen MR) is 90.8 cm³/mol. The van der Waals surface area contributed by atoms with E-state index in [9.17, 15) is 13.2 Å². The molecule has 0 saturated heterocycles. The largest absolute Gasteiger partial charge is 0.438 e. The van der Waals surface area contributed by atoms with Crippen molar-refractivity contribution in [2.24, 2.45) is 0 Å². The van der Waals surface area contributed by atoms with Crippen LogP contribution >= 0.6 is 0 Å². The van der Waals surface area contributed by atoms with Gasteiger partial charge in [0.25, 0.3) is 15.9 Å². The van der Waals surface area contributed by atoms with Crippen LogP contribution in [0.4, 0.5) is 0 Å². The summed E-state index contributed by atoms with van der Waals surface area (Å²) in [5, 5.41) is 14.0. The monoisotopic (exact) mass is 382 g/mol. The summed E-state index contributed by atoms with van der Waals surface area (Å²) in [6, 6.07) is 2.41. The van der Waals surface area contributed by atoms with Crippen LogP contribution < -0.4 is 10.0 Å². The lowest BCUT2D eigenvalue weighted by molar-refractivity contribution is 0.0904. The van der Waals surface area contributed by atoms with Crippen LogP contribution in [-0.4, -0.2) is 40.1 Å². The van der Waals surface area contributed by atoms with Gasteiger partial charge < -0.3 is 9.73 Å². The first-order valence-corrected chi connectivity index (χ1v) is 9.77. The zero-order chi connectivity index (χ0) is 19.1. The van der Waals surface area contributed by atoms with Crippen molar-refractivity contribution in [3.8, 4) is 0 Å². The topological polar surface area (TPSA) is 132 Å². The molecule has 10 nitrogen and oxygen atoms in total. The smallest absolute Gasteiger partial charge is 0.287 e. The normalized spacial score (nSPS) is 16.5. The quantitative estimate of drug-likeness (QED) is 0.766. The molecule has 1 atom stereocenters. The molecule has 11 heteroatoms. The van der Waals surface area contributed by atoms with Gasteiger partial charge in [0.1, 0.15) is 0 Å². The minimum atomic E-state index is -3.85. The maximum atomic E-state index is 12.4. The first-order chi connectivity index (χ1) is 12.1. The molecule has 2 heterocycles. The van der Waals surface area contributed by atoms with Crippen LogP contribution in [0.5, 0.6) is 0 Å². The third kappa shape index (κ3) is 4.10. The number of tetrazole rings is 1. The van der Waals surface area contributed by atoms with Gasteiger partial charge >= 0.3 is 0 Å². The van der Waals surface area contributed by atoms with E-state index in [4.69, 9.17) is 4.42 Å². The lowest BCUT2D eigenvalue weighted by Crippen LogP contribution is -2.40. The van der Waals surface area contributed by atoms with Crippen LogP contribution in [0.1, 0.15) is 69.0 Å². The number of furan rings is 1. The van der Waals surface area contributed by atoms with Crippen molar-refractivity contribution in [1.82, 2.24) is 30.2 Å². The fourth-order valence-corrected chi connectivity index (χ4v) is 3.79. The van der Waals surface area contributed by atoms with Gasteiger partial charge in [-0.15, -0.1) is 5.10 Å². The molecule has 1 saturated carbocycles. The van der Waals surface area contributed by atoms with Crippen molar-refractivity contribution in [2.45, 2.75) is 63.3 Å². The number of hydrogen-bond donors (Lipinski definition) is 2. The Morgan fingerprint density at radius 3 is 2.65 bits per heavy atom. The van der Waals surface area contributed by atoms with Gasteiger partial charge in [0, 0.05) is 5.54 Å². The van der Waals surface area contributed by atoms with E-state index < -0.39 is 27.5 Å². The number of hydrogen-bond acceptors (Lipinski definition) is 7. The summed E-state index contributed by atoms with van der Waals surface area (Å²) in [5.74, 6) is -0.0914. The average Bonchev–Trinajstić information content (AvgIpc) is 3.03. The lowest BCUT2D eigenvalue weighted by Gasteiger charge is -2.19. The molecule has 0 radical (unpaired) electrons. The third-order valence-electron chi connectivity index (χ3n) is 3.66. The minimum Gasteiger partial charge on any atom is -0.438 e. The first-order valence-electron chi connectivity index (χ1n) is 8.29. The number of carbonyl (C=O) groups excluding carboxylic acids is 1. The van der Waals surface area contributed by atoms with Crippen molar-refractivity contribution in [3.63, 3.8) is 0 Å². The number of carbonyl (C=O) groups is 1. The summed E-state index contributed by atoms with van der Waals surface area (Å²) < 4.78 is 33.9. The Kier molecular flexibility index (Phi) is 4.61. The highest BCUT2D eigenvalue weighted by Crippen LogP contribution is 2.35. The first kappa shape index (κ1) is 18.5. The van der Waals surface area contributed by atoms with E-state index in [-0.39, 0.29) is 16.9 Å². The fraction of sp³-hybridized carbons (Fsp3) is 0.600. The van der Waals surface area contributed by atoms with E-state index >= 15 is 0 Å². The summed E-state index contributed by atoms with van der Waals surface area (Å²) in [6.07, 6.45) is 2.03. The Labute approximate surface area is 151 Å². The van der Waals surface area contributed by atoms with E-state index in [1.54, 1.807) is 32.4 Å². The third-order valence-corrected chi connectivity index (χ3v) is 5.29. The standard InChI is InChI=1S/C15H22N6O4S/c1-9(13-17-19-20-21(13)10-5-6-10)16-14(22)11-7-8-12(25-11)26(23,24)18-15(2,3)4/h7-10,18H,5-6H2,1-4H3,(H,16,22). The van der Waals surface area contributed by atoms with Crippen molar-refractivity contribution < 1.29 is 17.6 Å². The van der Waals surface area contributed by atoms with E-state index in [0.717, 1.165) is 12.8 Å². The number of nitrogens with one attached hydrogen (secondary N) is 2. The van der Waals surface area contributed by atoms with E-state index in [1.165, 1.54) is 12.1 Å². The van der Waals surface area contributed by atoms with Gasteiger partial charge in [-0.1, -0.05) is 0 Å². The van der Waals surface area contributed by atoms with Gasteiger partial charge in [0.15, 0.2) is 11.6 Å². The number of sulfonamides is 1. The Morgan fingerprint density at radius 1 is 1.35 bits per heavy atom. The molecule has 2 N–H and O–H groups in total. The molecule has 0 aliphatic heterocycles. The molecule has 2 aromatic rings. The molecule has 0 aromatic carbocycles. The zero-order valence-corrected chi connectivity index (χ0v) is 15.9. The molecule has 1 amide bonds. The molecular weight excluding hydrogens is 360 g/mol. The summed E-state index contributed by atoms with van der Waals surface area (Å²) >= 11 is 0. The van der Waals surface area contributed by atoms with Gasteiger partial charge in [-0.05, 0) is 63.1 Å². The molecule has 1 aliphatic rings. The van der Waals surface area contributed by atoms with Crippen molar-refractivity contribution in [1.29, 1.82) is 0 Å². The SMILES string of the molecule is CC(NC(=O)c1ccc(S(=O)(=O)NC(C)(C)C)o1)c1nnnn1C1CC1. The number of amides is 1. The van der Waals surface area contributed by atoms with Gasteiger partial charge in [-0.2, -0.15) is 0 Å². The number of aromatic nitrogens is 4. The van der Waals surface area contributed by atoms with Crippen LogP contribution in [0, 0.1) is 0 Å². The summed E-state index contributed by atoms with van der Waals surface area (Å²) in [7, 11) is -3.85. The molecule has 0 spiro atoms. The molecule has 2 aromatic heterocycles. The average molecular weight is 382 g/mol. The van der Waals surface area contributed by atoms with Crippen LogP contribution in [0.2, 0.25) is 0 Å². The highest BCUT2D eigenvalue weighted by Gasteiger charge is 2.31. The Morgan fingerprint density at radius 2 is 2.04 bits per heavy atom. The predicted octanol–water partition coefficient (Wildman–Crippen LogP) is 1.17. The Balaban J connectivity index is 1.71. The lowest BCUT2D eigenvalue weighted by atomic mass is 10.1. The molecule has 0 bridgehead atoms. The molecular formula is C15H22N6O4S. The fourth-order valence-electron chi connectivity index (χ4n) is 2.44. The van der Waals surface area contributed by atoms with Gasteiger partial charge in [-0.3, -0.25) is 4.79 Å². The molecule has 26 heavy (non-hydrogen) atoms. The highest BCUT2D eigenvalue weighted by molar-refractivity contribution is 7.89. The minimum absolute atomic E-state index is 0.100. The summed E-state index contributed by atoms with van der Waals surface area (Å²) in [4.78, 5) is 12.4. The van der Waals surface area contributed by atoms with Crippen molar-refractivity contribution in [3.05, 3.63) is 23.7 Å². The van der Waals surface area contributed by atoms with Crippen molar-refractivity contribution >= 4 is 15.9 Å². The van der Waals surface area contributed by atoms with Gasteiger partial charge in [0.05, 0.1) is 12.1 Å². The van der Waals surface area contributed by atoms with Crippen LogP contribution in [0.25, 0.3) is 0 Å². The number of rotatable bonds is 6. The highest BCUT2D eigenvalue weighted by atomic mass is 32.2. The maximum Gasteiger partial charge on any atom is 0.287 e. The molecule has 1 fully saturated rings. The van der Waals surface area contributed by atoms with E-state index in [2.05, 4.69) is 25.6 Å². The Bertz CT molecular complexity index is 907. The maximum absolute atomic E-state index is 12.4.